The fourth-order valence-corrected chi connectivity index (χ4v) is 3.61. The number of nitrogens with one attached hydrogen (secondary N) is 2. The van der Waals surface area contributed by atoms with Gasteiger partial charge in [0.15, 0.2) is 5.11 Å². The number of hydrogen-bond donors (Lipinski definition) is 2. The van der Waals surface area contributed by atoms with E-state index in [1.165, 1.54) is 24.0 Å². The molecule has 0 radical (unpaired) electrons. The molecule has 30 heavy (non-hydrogen) atoms. The van der Waals surface area contributed by atoms with Crippen LogP contribution in [0.2, 0.25) is 5.02 Å². The molecule has 0 heterocycles. The fraction of sp³-hybridized carbons (Fsp3) is 0.0476. The molecule has 6 nitrogen and oxygen atoms in total. The first-order valence-corrected chi connectivity index (χ1v) is 10.4. The van der Waals surface area contributed by atoms with E-state index >= 15 is 0 Å². The van der Waals surface area contributed by atoms with E-state index in [-0.39, 0.29) is 5.69 Å². The summed E-state index contributed by atoms with van der Waals surface area (Å²) in [6, 6.07) is 21.9. The van der Waals surface area contributed by atoms with E-state index in [9.17, 15) is 10.1 Å². The number of rotatable bonds is 7. The first-order valence-electron chi connectivity index (χ1n) is 8.84. The van der Waals surface area contributed by atoms with Crippen molar-refractivity contribution in [3.8, 4) is 0 Å². The molecule has 0 atom stereocenters. The van der Waals surface area contributed by atoms with Crippen molar-refractivity contribution >= 4 is 52.6 Å². The van der Waals surface area contributed by atoms with Gasteiger partial charge in [-0.15, -0.1) is 0 Å². The lowest BCUT2D eigenvalue weighted by molar-refractivity contribution is -0.387. The van der Waals surface area contributed by atoms with Crippen molar-refractivity contribution in [3.05, 3.63) is 99.1 Å². The second kappa shape index (κ2) is 10.7. The van der Waals surface area contributed by atoms with Crippen molar-refractivity contribution in [1.82, 2.24) is 10.7 Å². The van der Waals surface area contributed by atoms with E-state index in [2.05, 4.69) is 15.8 Å². The van der Waals surface area contributed by atoms with Gasteiger partial charge in [-0.25, -0.2) is 0 Å². The molecule has 0 fully saturated rings. The molecule has 3 rings (SSSR count). The highest BCUT2D eigenvalue weighted by atomic mass is 35.5. The van der Waals surface area contributed by atoms with Crippen LogP contribution in [0.1, 0.15) is 11.1 Å². The minimum absolute atomic E-state index is 0.00341. The molecule has 0 spiro atoms. The van der Waals surface area contributed by atoms with Crippen LogP contribution < -0.4 is 10.7 Å². The zero-order valence-corrected chi connectivity index (χ0v) is 18.0. The summed E-state index contributed by atoms with van der Waals surface area (Å²) < 4.78 is 0. The van der Waals surface area contributed by atoms with Crippen LogP contribution in [0.5, 0.6) is 0 Å². The number of nitrogens with zero attached hydrogens (tertiary/aromatic N) is 2. The SMILES string of the molecule is O=[N+]([O-])c1cc(/C=N/NC(=S)NCc2ccccc2)ccc1Sc1ccc(Cl)cc1. The maximum absolute atomic E-state index is 11.5. The Morgan fingerprint density at radius 3 is 2.57 bits per heavy atom. The number of thiocarbonyl (C=S) groups is 1. The van der Waals surface area contributed by atoms with Gasteiger partial charge in [0.2, 0.25) is 0 Å². The Kier molecular flexibility index (Phi) is 7.78. The standard InChI is InChI=1S/C21H17ClN4O2S2/c22-17-7-9-18(10-8-17)30-20-11-6-16(12-19(20)26(27)28)14-24-25-21(29)23-13-15-4-2-1-3-5-15/h1-12,14H,13H2,(H2,23,25,29)/b24-14+. The first-order chi connectivity index (χ1) is 14.5. The summed E-state index contributed by atoms with van der Waals surface area (Å²) in [6.07, 6.45) is 1.49. The molecule has 0 bridgehead atoms. The molecule has 0 amide bonds. The van der Waals surface area contributed by atoms with Crippen LogP contribution in [0, 0.1) is 10.1 Å². The average molecular weight is 457 g/mol. The molecule has 2 N–H and O–H groups in total. The molecule has 0 aliphatic rings. The molecule has 0 unspecified atom stereocenters. The summed E-state index contributed by atoms with van der Waals surface area (Å²) in [4.78, 5) is 12.5. The lowest BCUT2D eigenvalue weighted by atomic mass is 10.2. The largest absolute Gasteiger partial charge is 0.357 e. The minimum Gasteiger partial charge on any atom is -0.357 e. The van der Waals surface area contributed by atoms with Crippen molar-refractivity contribution in [2.24, 2.45) is 5.10 Å². The van der Waals surface area contributed by atoms with E-state index in [0.717, 1.165) is 10.5 Å². The Bertz CT molecular complexity index is 1060. The fourth-order valence-electron chi connectivity index (χ4n) is 2.46. The van der Waals surface area contributed by atoms with E-state index in [1.807, 2.05) is 42.5 Å². The van der Waals surface area contributed by atoms with Crippen molar-refractivity contribution in [3.63, 3.8) is 0 Å². The Balaban J connectivity index is 1.61. The van der Waals surface area contributed by atoms with Gasteiger partial charge in [0.05, 0.1) is 16.0 Å². The second-order valence-electron chi connectivity index (χ2n) is 6.08. The third-order valence-electron chi connectivity index (χ3n) is 3.90. The van der Waals surface area contributed by atoms with Gasteiger partial charge >= 0.3 is 0 Å². The van der Waals surface area contributed by atoms with Gasteiger partial charge in [-0.1, -0.05) is 59.8 Å². The van der Waals surface area contributed by atoms with Gasteiger partial charge in [0.1, 0.15) is 0 Å². The summed E-state index contributed by atoms with van der Waals surface area (Å²) in [5.74, 6) is 0. The number of hydrazone groups is 1. The average Bonchev–Trinajstić information content (AvgIpc) is 2.75. The van der Waals surface area contributed by atoms with Crippen LogP contribution in [-0.2, 0) is 6.54 Å². The molecule has 0 saturated heterocycles. The topological polar surface area (TPSA) is 79.6 Å². The monoisotopic (exact) mass is 456 g/mol. The van der Waals surface area contributed by atoms with Crippen LogP contribution in [0.15, 0.2) is 87.7 Å². The third-order valence-corrected chi connectivity index (χ3v) is 5.46. The third kappa shape index (κ3) is 6.55. The van der Waals surface area contributed by atoms with Crippen LogP contribution >= 0.6 is 35.6 Å². The number of benzene rings is 3. The molecular weight excluding hydrogens is 440 g/mol. The molecular formula is C21H17ClN4O2S2. The van der Waals surface area contributed by atoms with Crippen molar-refractivity contribution in [2.45, 2.75) is 16.3 Å². The predicted octanol–water partition coefficient (Wildman–Crippen LogP) is 5.40. The van der Waals surface area contributed by atoms with E-state index in [1.54, 1.807) is 24.3 Å². The van der Waals surface area contributed by atoms with Gasteiger partial charge in [-0.3, -0.25) is 15.5 Å². The van der Waals surface area contributed by atoms with Crippen LogP contribution in [0.3, 0.4) is 0 Å². The van der Waals surface area contributed by atoms with Crippen LogP contribution in [0.4, 0.5) is 5.69 Å². The van der Waals surface area contributed by atoms with Gasteiger partial charge in [0, 0.05) is 28.1 Å². The molecule has 0 aliphatic carbocycles. The van der Waals surface area contributed by atoms with E-state index < -0.39 is 4.92 Å². The van der Waals surface area contributed by atoms with E-state index in [0.29, 0.717) is 27.1 Å². The highest BCUT2D eigenvalue weighted by Crippen LogP contribution is 2.35. The zero-order valence-electron chi connectivity index (χ0n) is 15.6. The summed E-state index contributed by atoms with van der Waals surface area (Å²) in [6.45, 7) is 0.574. The summed E-state index contributed by atoms with van der Waals surface area (Å²) in [5, 5.41) is 19.6. The lowest BCUT2D eigenvalue weighted by Gasteiger charge is -2.07. The Morgan fingerprint density at radius 2 is 1.87 bits per heavy atom. The van der Waals surface area contributed by atoms with Crippen molar-refractivity contribution in [2.75, 3.05) is 0 Å². The maximum Gasteiger partial charge on any atom is 0.283 e. The van der Waals surface area contributed by atoms with Gasteiger partial charge in [0.25, 0.3) is 5.69 Å². The normalized spacial score (nSPS) is 10.7. The van der Waals surface area contributed by atoms with Crippen LogP contribution in [-0.4, -0.2) is 16.3 Å². The van der Waals surface area contributed by atoms with Gasteiger partial charge in [-0.05, 0) is 48.1 Å². The second-order valence-corrected chi connectivity index (χ2v) is 8.04. The Hall–Kier alpha value is -2.94. The molecule has 0 saturated carbocycles. The number of nitro groups is 1. The molecule has 3 aromatic carbocycles. The summed E-state index contributed by atoms with van der Waals surface area (Å²) in [7, 11) is 0. The maximum atomic E-state index is 11.5. The Morgan fingerprint density at radius 1 is 1.13 bits per heavy atom. The zero-order chi connectivity index (χ0) is 21.3. The first kappa shape index (κ1) is 21.8. The summed E-state index contributed by atoms with van der Waals surface area (Å²) >= 11 is 12.4. The Labute approximate surface area is 188 Å². The van der Waals surface area contributed by atoms with E-state index in [4.69, 9.17) is 23.8 Å². The highest BCUT2D eigenvalue weighted by Gasteiger charge is 2.15. The van der Waals surface area contributed by atoms with Crippen LogP contribution in [0.25, 0.3) is 0 Å². The molecule has 3 aromatic rings. The number of nitro benzene ring substituents is 1. The van der Waals surface area contributed by atoms with Gasteiger partial charge < -0.3 is 5.32 Å². The molecule has 9 heteroatoms. The highest BCUT2D eigenvalue weighted by molar-refractivity contribution is 7.99. The van der Waals surface area contributed by atoms with Crippen molar-refractivity contribution in [1.29, 1.82) is 0 Å². The van der Waals surface area contributed by atoms with Gasteiger partial charge in [-0.2, -0.15) is 5.10 Å². The molecule has 0 aliphatic heterocycles. The quantitative estimate of drug-likeness (QED) is 0.214. The minimum atomic E-state index is -0.408. The summed E-state index contributed by atoms with van der Waals surface area (Å²) in [5.41, 5.74) is 4.39. The molecule has 152 valence electrons. The molecule has 0 aromatic heterocycles. The predicted molar refractivity (Wildman–Crippen MR) is 125 cm³/mol. The number of hydrogen-bond acceptors (Lipinski definition) is 5. The lowest BCUT2D eigenvalue weighted by Crippen LogP contribution is -2.31. The number of halogens is 1. The smallest absolute Gasteiger partial charge is 0.283 e. The van der Waals surface area contributed by atoms with Crippen molar-refractivity contribution < 1.29 is 4.92 Å².